The van der Waals surface area contributed by atoms with Crippen LogP contribution in [-0.4, -0.2) is 67.7 Å². The summed E-state index contributed by atoms with van der Waals surface area (Å²) in [6.45, 7) is 6.90. The van der Waals surface area contributed by atoms with Gasteiger partial charge in [0.05, 0.1) is 17.7 Å². The molecule has 36 heavy (non-hydrogen) atoms. The summed E-state index contributed by atoms with van der Waals surface area (Å²) < 4.78 is 11.4. The maximum atomic E-state index is 12.5. The van der Waals surface area contributed by atoms with Crippen LogP contribution in [0.2, 0.25) is 5.02 Å². The Kier molecular flexibility index (Phi) is 9.25. The number of rotatable bonds is 8. The predicted octanol–water partition coefficient (Wildman–Crippen LogP) is 4.86. The molecule has 0 spiro atoms. The minimum absolute atomic E-state index is 0.141. The Balaban J connectivity index is 1.23. The topological polar surface area (TPSA) is 65.8 Å². The van der Waals surface area contributed by atoms with Crippen molar-refractivity contribution in [2.75, 3.05) is 39.8 Å². The first-order chi connectivity index (χ1) is 17.5. The van der Waals surface area contributed by atoms with E-state index in [1.807, 2.05) is 31.2 Å². The van der Waals surface area contributed by atoms with E-state index in [1.54, 1.807) is 6.07 Å². The van der Waals surface area contributed by atoms with Crippen LogP contribution in [0.25, 0.3) is 0 Å². The Labute approximate surface area is 219 Å². The zero-order valence-electron chi connectivity index (χ0n) is 21.3. The average molecular weight is 510 g/mol. The standard InChI is InChI=1S/C29H36ClN3O3/c1-21-27(9-8-24(19-31)28(21)30)36-25-12-14-32(15-13-25)20-23-10-16-33(17-11-23)26(29(34)35-2)18-22-6-4-3-5-7-22/h3-9,23,25-26H,10-18,20H2,1-2H3/t26-/m0/s1. The van der Waals surface area contributed by atoms with Crippen molar-refractivity contribution in [1.82, 2.24) is 9.80 Å². The van der Waals surface area contributed by atoms with Gasteiger partial charge in [0, 0.05) is 25.2 Å². The normalized spacial score (nSPS) is 18.9. The highest BCUT2D eigenvalue weighted by molar-refractivity contribution is 6.32. The van der Waals surface area contributed by atoms with Crippen LogP contribution >= 0.6 is 11.6 Å². The minimum Gasteiger partial charge on any atom is -0.490 e. The molecule has 0 radical (unpaired) electrons. The number of halogens is 1. The predicted molar refractivity (Wildman–Crippen MR) is 141 cm³/mol. The SMILES string of the molecule is COC(=O)[C@H](Cc1ccccc1)N1CCC(CN2CCC(Oc3ccc(C#N)c(Cl)c3C)CC2)CC1. The lowest BCUT2D eigenvalue weighted by Gasteiger charge is -2.39. The van der Waals surface area contributed by atoms with Crippen LogP contribution in [-0.2, 0) is 16.0 Å². The lowest BCUT2D eigenvalue weighted by Crippen LogP contribution is -2.49. The number of carbonyl (C=O) groups is 1. The molecule has 7 heteroatoms. The molecule has 2 aliphatic heterocycles. The van der Waals surface area contributed by atoms with Crippen molar-refractivity contribution < 1.29 is 14.3 Å². The summed E-state index contributed by atoms with van der Waals surface area (Å²) in [6.07, 6.45) is 5.03. The van der Waals surface area contributed by atoms with Crippen LogP contribution in [0.1, 0.15) is 42.4 Å². The molecule has 2 heterocycles. The molecule has 2 aromatic rings. The zero-order chi connectivity index (χ0) is 25.5. The number of benzene rings is 2. The Morgan fingerprint density at radius 3 is 2.42 bits per heavy atom. The van der Waals surface area contributed by atoms with Gasteiger partial charge in [-0.1, -0.05) is 41.9 Å². The third kappa shape index (κ3) is 6.59. The van der Waals surface area contributed by atoms with E-state index >= 15 is 0 Å². The molecule has 2 aromatic carbocycles. The number of methoxy groups -OCH3 is 1. The van der Waals surface area contributed by atoms with Gasteiger partial charge in [-0.2, -0.15) is 5.26 Å². The van der Waals surface area contributed by atoms with Gasteiger partial charge >= 0.3 is 5.97 Å². The van der Waals surface area contributed by atoms with E-state index in [9.17, 15) is 4.79 Å². The Bertz CT molecular complexity index is 1060. The highest BCUT2D eigenvalue weighted by Gasteiger charge is 2.32. The number of likely N-dealkylation sites (tertiary alicyclic amines) is 2. The summed E-state index contributed by atoms with van der Waals surface area (Å²) in [5, 5.41) is 9.64. The van der Waals surface area contributed by atoms with Gasteiger partial charge in [0.1, 0.15) is 24.0 Å². The van der Waals surface area contributed by atoms with E-state index in [0.29, 0.717) is 22.9 Å². The zero-order valence-corrected chi connectivity index (χ0v) is 22.0. The highest BCUT2D eigenvalue weighted by atomic mass is 35.5. The minimum atomic E-state index is -0.217. The van der Waals surface area contributed by atoms with Crippen LogP contribution in [0.15, 0.2) is 42.5 Å². The van der Waals surface area contributed by atoms with E-state index in [4.69, 9.17) is 26.3 Å². The molecular formula is C29H36ClN3O3. The van der Waals surface area contributed by atoms with Crippen molar-refractivity contribution in [2.45, 2.75) is 51.2 Å². The summed E-state index contributed by atoms with van der Waals surface area (Å²) in [5.74, 6) is 1.28. The summed E-state index contributed by atoms with van der Waals surface area (Å²) in [7, 11) is 1.48. The number of nitriles is 1. The first-order valence-corrected chi connectivity index (χ1v) is 13.3. The van der Waals surface area contributed by atoms with Crippen LogP contribution in [0.5, 0.6) is 5.75 Å². The monoisotopic (exact) mass is 509 g/mol. The van der Waals surface area contributed by atoms with Gasteiger partial charge in [-0.15, -0.1) is 0 Å². The van der Waals surface area contributed by atoms with Crippen molar-refractivity contribution >= 4 is 17.6 Å². The maximum absolute atomic E-state index is 12.5. The lowest BCUT2D eigenvalue weighted by molar-refractivity contribution is -0.147. The fraction of sp³-hybridized carbons (Fsp3) is 0.517. The van der Waals surface area contributed by atoms with Crippen molar-refractivity contribution in [1.29, 1.82) is 5.26 Å². The number of esters is 1. The molecule has 2 saturated heterocycles. The molecule has 0 aliphatic carbocycles. The summed E-state index contributed by atoms with van der Waals surface area (Å²) in [4.78, 5) is 17.4. The number of carbonyl (C=O) groups excluding carboxylic acids is 1. The first kappa shape index (κ1) is 26.5. The van der Waals surface area contributed by atoms with Crippen molar-refractivity contribution in [3.8, 4) is 11.8 Å². The van der Waals surface area contributed by atoms with E-state index in [1.165, 1.54) is 12.7 Å². The molecule has 2 fully saturated rings. The van der Waals surface area contributed by atoms with Gasteiger partial charge in [-0.05, 0) is 75.7 Å². The average Bonchev–Trinajstić information content (AvgIpc) is 2.92. The van der Waals surface area contributed by atoms with Crippen LogP contribution in [0.4, 0.5) is 0 Å². The van der Waals surface area contributed by atoms with Gasteiger partial charge in [-0.3, -0.25) is 9.69 Å². The Hall–Kier alpha value is -2.59. The smallest absolute Gasteiger partial charge is 0.323 e. The van der Waals surface area contributed by atoms with Crippen LogP contribution in [0, 0.1) is 24.2 Å². The quantitative estimate of drug-likeness (QED) is 0.473. The van der Waals surface area contributed by atoms with Crippen LogP contribution in [0.3, 0.4) is 0 Å². The molecule has 0 saturated carbocycles. The highest BCUT2D eigenvalue weighted by Crippen LogP contribution is 2.31. The van der Waals surface area contributed by atoms with Gasteiger partial charge in [0.25, 0.3) is 0 Å². The molecule has 0 amide bonds. The fourth-order valence-electron chi connectivity index (χ4n) is 5.42. The second-order valence-corrected chi connectivity index (χ2v) is 10.4. The molecule has 6 nitrogen and oxygen atoms in total. The number of ether oxygens (including phenoxy) is 2. The Morgan fingerprint density at radius 2 is 1.78 bits per heavy atom. The molecule has 1 atom stereocenters. The third-order valence-electron chi connectivity index (χ3n) is 7.64. The van der Waals surface area contributed by atoms with E-state index in [-0.39, 0.29) is 18.1 Å². The number of nitrogens with zero attached hydrogens (tertiary/aromatic N) is 3. The number of hydrogen-bond acceptors (Lipinski definition) is 6. The molecule has 0 aromatic heterocycles. The maximum Gasteiger partial charge on any atom is 0.323 e. The first-order valence-electron chi connectivity index (χ1n) is 12.9. The second kappa shape index (κ2) is 12.6. The number of piperidine rings is 2. The molecule has 0 bridgehead atoms. The molecular weight excluding hydrogens is 474 g/mol. The second-order valence-electron chi connectivity index (χ2n) is 9.99. The molecule has 192 valence electrons. The third-order valence-corrected chi connectivity index (χ3v) is 8.12. The van der Waals surface area contributed by atoms with Crippen molar-refractivity contribution in [3.05, 3.63) is 64.2 Å². The molecule has 4 rings (SSSR count). The molecule has 2 aliphatic rings. The van der Waals surface area contributed by atoms with Gasteiger partial charge in [-0.25, -0.2) is 0 Å². The van der Waals surface area contributed by atoms with Crippen LogP contribution < -0.4 is 4.74 Å². The van der Waals surface area contributed by atoms with Crippen molar-refractivity contribution in [2.24, 2.45) is 5.92 Å². The summed E-state index contributed by atoms with van der Waals surface area (Å²) in [5.41, 5.74) is 2.49. The summed E-state index contributed by atoms with van der Waals surface area (Å²) >= 11 is 6.30. The van der Waals surface area contributed by atoms with E-state index in [2.05, 4.69) is 28.0 Å². The molecule has 0 unspecified atom stereocenters. The van der Waals surface area contributed by atoms with Gasteiger partial charge in [0.15, 0.2) is 0 Å². The molecule has 0 N–H and O–H groups in total. The van der Waals surface area contributed by atoms with Crippen molar-refractivity contribution in [3.63, 3.8) is 0 Å². The van der Waals surface area contributed by atoms with Gasteiger partial charge in [0.2, 0.25) is 0 Å². The summed E-state index contributed by atoms with van der Waals surface area (Å²) in [6, 6.07) is 15.7. The lowest BCUT2D eigenvalue weighted by atomic mass is 9.93. The van der Waals surface area contributed by atoms with E-state index < -0.39 is 0 Å². The largest absolute Gasteiger partial charge is 0.490 e. The Morgan fingerprint density at radius 1 is 1.08 bits per heavy atom. The van der Waals surface area contributed by atoms with Gasteiger partial charge < -0.3 is 14.4 Å². The fourth-order valence-corrected chi connectivity index (χ4v) is 5.62. The number of hydrogen-bond donors (Lipinski definition) is 0. The van der Waals surface area contributed by atoms with E-state index in [0.717, 1.165) is 69.7 Å².